The molecule has 0 radical (unpaired) electrons. The summed E-state index contributed by atoms with van der Waals surface area (Å²) in [5.41, 5.74) is 10.7. The highest BCUT2D eigenvalue weighted by Crippen LogP contribution is 2.61. The summed E-state index contributed by atoms with van der Waals surface area (Å²) in [7, 11) is 0. The third kappa shape index (κ3) is 2.86. The highest BCUT2D eigenvalue weighted by atomic mass is 14.6. The average Bonchev–Trinajstić information content (AvgIpc) is 3.09. The minimum atomic E-state index is 0.0375. The van der Waals surface area contributed by atoms with E-state index in [0.717, 1.165) is 17.8 Å². The molecule has 0 heteroatoms. The van der Waals surface area contributed by atoms with Gasteiger partial charge in [-0.3, -0.25) is 0 Å². The summed E-state index contributed by atoms with van der Waals surface area (Å²) in [4.78, 5) is 0. The van der Waals surface area contributed by atoms with Gasteiger partial charge in [0.2, 0.25) is 0 Å². The van der Waals surface area contributed by atoms with E-state index in [2.05, 4.69) is 92.7 Å². The molecule has 0 atom stereocenters. The number of hydrogen-bond acceptors (Lipinski definition) is 0. The van der Waals surface area contributed by atoms with Gasteiger partial charge in [-0.25, -0.2) is 0 Å². The van der Waals surface area contributed by atoms with Crippen molar-refractivity contribution < 1.29 is 0 Å². The van der Waals surface area contributed by atoms with Gasteiger partial charge in [0.25, 0.3) is 0 Å². The van der Waals surface area contributed by atoms with Crippen LogP contribution >= 0.6 is 0 Å². The fourth-order valence-electron chi connectivity index (χ4n) is 9.08. The quantitative estimate of drug-likeness (QED) is 0.283. The van der Waals surface area contributed by atoms with Crippen LogP contribution in [0.1, 0.15) is 69.1 Å². The fraction of sp³-hybridized carbons (Fsp3) is 0.371. The van der Waals surface area contributed by atoms with Crippen LogP contribution in [0.4, 0.5) is 0 Å². The van der Waals surface area contributed by atoms with Crippen molar-refractivity contribution in [2.45, 2.75) is 63.2 Å². The maximum Gasteiger partial charge on any atom is 0.0159 e. The first-order valence-corrected chi connectivity index (χ1v) is 13.8. The van der Waals surface area contributed by atoms with Gasteiger partial charge in [0.1, 0.15) is 0 Å². The first kappa shape index (κ1) is 20.3. The minimum Gasteiger partial charge on any atom is -0.0616 e. The Hall–Kier alpha value is -2.86. The molecular weight excluding hydrogens is 420 g/mol. The largest absolute Gasteiger partial charge is 0.0616 e. The van der Waals surface area contributed by atoms with Gasteiger partial charge in [0, 0.05) is 5.41 Å². The summed E-state index contributed by atoms with van der Waals surface area (Å²) in [6.45, 7) is 4.90. The Labute approximate surface area is 209 Å². The summed E-state index contributed by atoms with van der Waals surface area (Å²) in [6, 6.07) is 30.4. The second-order valence-electron chi connectivity index (χ2n) is 12.9. The lowest BCUT2D eigenvalue weighted by Gasteiger charge is -2.57. The van der Waals surface area contributed by atoms with Crippen molar-refractivity contribution in [1.29, 1.82) is 0 Å². The second kappa shape index (κ2) is 6.88. The van der Waals surface area contributed by atoms with E-state index in [1.54, 1.807) is 11.1 Å². The Bertz CT molecular complexity index is 1460. The monoisotopic (exact) mass is 454 g/mol. The van der Waals surface area contributed by atoms with Crippen molar-refractivity contribution in [3.63, 3.8) is 0 Å². The lowest BCUT2D eigenvalue weighted by Crippen LogP contribution is -2.48. The Kier molecular flexibility index (Phi) is 4.00. The van der Waals surface area contributed by atoms with E-state index in [1.165, 1.54) is 77.1 Å². The van der Waals surface area contributed by atoms with E-state index in [4.69, 9.17) is 0 Å². The van der Waals surface area contributed by atoms with Gasteiger partial charge >= 0.3 is 0 Å². The molecule has 4 aromatic carbocycles. The summed E-state index contributed by atoms with van der Waals surface area (Å²) < 4.78 is 0. The molecule has 0 unspecified atom stereocenters. The van der Waals surface area contributed by atoms with Gasteiger partial charge in [-0.15, -0.1) is 0 Å². The summed E-state index contributed by atoms with van der Waals surface area (Å²) >= 11 is 0. The maximum atomic E-state index is 2.65. The maximum absolute atomic E-state index is 2.65. The molecule has 0 heterocycles. The first-order chi connectivity index (χ1) is 17.0. The van der Waals surface area contributed by atoms with Gasteiger partial charge in [0.15, 0.2) is 0 Å². The zero-order valence-corrected chi connectivity index (χ0v) is 21.0. The van der Waals surface area contributed by atoms with Crippen LogP contribution in [0.5, 0.6) is 0 Å². The van der Waals surface area contributed by atoms with Crippen molar-refractivity contribution in [1.82, 2.24) is 0 Å². The van der Waals surface area contributed by atoms with Crippen molar-refractivity contribution in [2.75, 3.05) is 0 Å². The lowest BCUT2D eigenvalue weighted by molar-refractivity contribution is -0.00522. The van der Waals surface area contributed by atoms with Crippen molar-refractivity contribution in [3.05, 3.63) is 95.6 Å². The molecule has 0 amide bonds. The number of fused-ring (bicyclic) bond motifs is 4. The highest BCUT2D eigenvalue weighted by Gasteiger charge is 2.52. The second-order valence-corrected chi connectivity index (χ2v) is 12.9. The molecule has 5 aliphatic carbocycles. The smallest absolute Gasteiger partial charge is 0.0159 e. The van der Waals surface area contributed by atoms with Crippen LogP contribution in [0.3, 0.4) is 0 Å². The van der Waals surface area contributed by atoms with Crippen LogP contribution in [0.15, 0.2) is 78.9 Å². The molecule has 0 spiro atoms. The van der Waals surface area contributed by atoms with Gasteiger partial charge < -0.3 is 0 Å². The van der Waals surface area contributed by atoms with Gasteiger partial charge in [-0.1, -0.05) is 80.6 Å². The molecule has 0 aromatic heterocycles. The Morgan fingerprint density at radius 3 is 1.86 bits per heavy atom. The van der Waals surface area contributed by atoms with E-state index in [0.29, 0.717) is 5.41 Å². The lowest BCUT2D eigenvalue weighted by atomic mass is 9.48. The molecule has 4 saturated carbocycles. The fourth-order valence-corrected chi connectivity index (χ4v) is 9.08. The van der Waals surface area contributed by atoms with Crippen molar-refractivity contribution in [2.24, 2.45) is 17.8 Å². The zero-order chi connectivity index (χ0) is 23.4. The molecule has 0 saturated heterocycles. The standard InChI is InChI=1S/C35H34/c1-34(2)32-17-28(27-8-7-25-5-3-4-6-26(25)16-27)9-11-30(32)31-12-10-29(18-33(31)34)35-19-22-13-23(20-35)15-24(14-22)21-35/h3-12,16-18,22-24H,13-15,19-21H2,1-2H3. The normalized spacial score (nSPS) is 29.4. The predicted octanol–water partition coefficient (Wildman–Crippen LogP) is 9.28. The predicted molar refractivity (Wildman–Crippen MR) is 147 cm³/mol. The molecule has 0 nitrogen and oxygen atoms in total. The first-order valence-electron chi connectivity index (χ1n) is 13.8. The molecule has 9 rings (SSSR count). The molecule has 4 bridgehead atoms. The molecular formula is C35H34. The van der Waals surface area contributed by atoms with E-state index in [9.17, 15) is 0 Å². The SMILES string of the molecule is CC1(C)c2cc(-c3ccc4ccccc4c3)ccc2-c2ccc(C34CC5CC(CC(C5)C3)C4)cc21. The van der Waals surface area contributed by atoms with Crippen molar-refractivity contribution in [3.8, 4) is 22.3 Å². The number of hydrogen-bond donors (Lipinski definition) is 0. The van der Waals surface area contributed by atoms with Crippen LogP contribution < -0.4 is 0 Å². The van der Waals surface area contributed by atoms with E-state index >= 15 is 0 Å². The molecule has 4 aromatic rings. The minimum absolute atomic E-state index is 0.0375. The van der Waals surface area contributed by atoms with Crippen molar-refractivity contribution >= 4 is 10.8 Å². The molecule has 0 N–H and O–H groups in total. The van der Waals surface area contributed by atoms with Gasteiger partial charge in [-0.05, 0) is 124 Å². The van der Waals surface area contributed by atoms with E-state index in [1.807, 2.05) is 0 Å². The van der Waals surface area contributed by atoms with E-state index < -0.39 is 0 Å². The topological polar surface area (TPSA) is 0 Å². The highest BCUT2D eigenvalue weighted by molar-refractivity contribution is 5.89. The summed E-state index contributed by atoms with van der Waals surface area (Å²) in [5.74, 6) is 2.97. The van der Waals surface area contributed by atoms with Gasteiger partial charge in [0.05, 0.1) is 0 Å². The zero-order valence-electron chi connectivity index (χ0n) is 21.0. The van der Waals surface area contributed by atoms with Crippen LogP contribution in [-0.2, 0) is 10.8 Å². The summed E-state index contributed by atoms with van der Waals surface area (Å²) in [6.07, 6.45) is 8.86. The van der Waals surface area contributed by atoms with Crippen LogP contribution in [0.2, 0.25) is 0 Å². The molecule has 4 fully saturated rings. The third-order valence-electron chi connectivity index (χ3n) is 10.4. The summed E-state index contributed by atoms with van der Waals surface area (Å²) in [5, 5.41) is 2.62. The number of rotatable bonds is 2. The third-order valence-corrected chi connectivity index (χ3v) is 10.4. The van der Waals surface area contributed by atoms with Gasteiger partial charge in [-0.2, -0.15) is 0 Å². The van der Waals surface area contributed by atoms with E-state index in [-0.39, 0.29) is 5.41 Å². The number of benzene rings is 4. The molecule has 35 heavy (non-hydrogen) atoms. The molecule has 5 aliphatic rings. The van der Waals surface area contributed by atoms with Crippen LogP contribution in [0, 0.1) is 17.8 Å². The Balaban J connectivity index is 1.21. The Morgan fingerprint density at radius 2 is 1.14 bits per heavy atom. The Morgan fingerprint density at radius 1 is 0.571 bits per heavy atom. The average molecular weight is 455 g/mol. The van der Waals surface area contributed by atoms with Crippen LogP contribution in [-0.4, -0.2) is 0 Å². The van der Waals surface area contributed by atoms with Crippen LogP contribution in [0.25, 0.3) is 33.0 Å². The molecule has 174 valence electrons. The molecule has 0 aliphatic heterocycles.